The molecule has 1 spiro atoms. The molecule has 220 valence electrons. The van der Waals surface area contributed by atoms with Gasteiger partial charge in [0.1, 0.15) is 28.7 Å². The van der Waals surface area contributed by atoms with Gasteiger partial charge in [0.15, 0.2) is 11.6 Å². The number of para-hydroxylation sites is 2. The second-order valence-electron chi connectivity index (χ2n) is 11.1. The second-order valence-corrected chi connectivity index (χ2v) is 11.1. The van der Waals surface area contributed by atoms with Crippen LogP contribution in [0, 0.1) is 5.92 Å². The van der Waals surface area contributed by atoms with Crippen molar-refractivity contribution in [3.05, 3.63) is 119 Å². The molecule has 8 heteroatoms. The van der Waals surface area contributed by atoms with Crippen molar-refractivity contribution in [1.82, 2.24) is 0 Å². The van der Waals surface area contributed by atoms with Gasteiger partial charge in [0.05, 0.1) is 38.9 Å². The third-order valence-corrected chi connectivity index (χ3v) is 9.12. The topological polar surface area (TPSA) is 94.2 Å². The van der Waals surface area contributed by atoms with E-state index >= 15 is 4.79 Å². The Bertz CT molecular complexity index is 1870. The molecule has 0 saturated carbocycles. The molecule has 0 aromatic heterocycles. The van der Waals surface area contributed by atoms with Crippen LogP contribution < -0.4 is 24.4 Å². The predicted molar refractivity (Wildman–Crippen MR) is 167 cm³/mol. The van der Waals surface area contributed by atoms with E-state index in [1.54, 1.807) is 42.5 Å². The van der Waals surface area contributed by atoms with Crippen LogP contribution >= 0.6 is 0 Å². The van der Waals surface area contributed by atoms with Crippen LogP contribution in [0.4, 0.5) is 11.4 Å². The highest BCUT2D eigenvalue weighted by atomic mass is 16.5. The third kappa shape index (κ3) is 3.80. The summed E-state index contributed by atoms with van der Waals surface area (Å²) in [7, 11) is 4.55. The zero-order valence-corrected chi connectivity index (χ0v) is 24.4. The quantitative estimate of drug-likeness (QED) is 0.283. The fraction of sp³-hybridized carbons (Fsp3) is 0.194. The van der Waals surface area contributed by atoms with E-state index in [9.17, 15) is 9.59 Å². The van der Waals surface area contributed by atoms with Crippen LogP contribution in [0.5, 0.6) is 17.2 Å². The highest BCUT2D eigenvalue weighted by Crippen LogP contribution is 2.58. The Morgan fingerprint density at radius 2 is 1.55 bits per heavy atom. The lowest BCUT2D eigenvalue weighted by atomic mass is 9.64. The standard InChI is InChI=1S/C36H30N2O6/c1-42-23-11-8-10-22(19-23)33(39)32-31(34(40)25-20-24(43-2)16-17-29(25)44-3)36(26-12-5-6-13-27(26)37-35(36)41)30-18-15-21-9-4-7-14-28(21)38(30)32/h4-20,30-32H,1-3H3,(H,37,41)/t30-,31-,32+,36+/m1/s1. The second kappa shape index (κ2) is 10.4. The molecule has 7 rings (SSSR count). The molecule has 0 radical (unpaired) electrons. The lowest BCUT2D eigenvalue weighted by Crippen LogP contribution is -2.51. The first kappa shape index (κ1) is 27.5. The Morgan fingerprint density at radius 1 is 0.795 bits per heavy atom. The van der Waals surface area contributed by atoms with Gasteiger partial charge in [-0.05, 0) is 53.6 Å². The third-order valence-electron chi connectivity index (χ3n) is 9.12. The minimum Gasteiger partial charge on any atom is -0.497 e. The molecule has 4 aromatic rings. The molecule has 0 unspecified atom stereocenters. The Hall–Kier alpha value is -5.37. The summed E-state index contributed by atoms with van der Waals surface area (Å²) in [6.45, 7) is 0. The molecular formula is C36H30N2O6. The van der Waals surface area contributed by atoms with Crippen LogP contribution in [-0.2, 0) is 10.2 Å². The average Bonchev–Trinajstić information content (AvgIpc) is 3.55. The van der Waals surface area contributed by atoms with E-state index in [2.05, 4.69) is 5.32 Å². The molecule has 4 atom stereocenters. The van der Waals surface area contributed by atoms with Crippen LogP contribution in [-0.4, -0.2) is 50.9 Å². The van der Waals surface area contributed by atoms with E-state index in [4.69, 9.17) is 14.2 Å². The average molecular weight is 587 g/mol. The Balaban J connectivity index is 1.55. The minimum absolute atomic E-state index is 0.231. The number of Topliss-reactive ketones (excluding diaryl/α,β-unsaturated/α-hetero) is 2. The fourth-order valence-electron chi connectivity index (χ4n) is 7.24. The van der Waals surface area contributed by atoms with Crippen molar-refractivity contribution in [3.63, 3.8) is 0 Å². The van der Waals surface area contributed by atoms with Gasteiger partial charge in [-0.3, -0.25) is 14.4 Å². The van der Waals surface area contributed by atoms with Crippen molar-refractivity contribution in [2.75, 3.05) is 31.5 Å². The monoisotopic (exact) mass is 586 g/mol. The Kier molecular flexibility index (Phi) is 6.50. The number of nitrogens with zero attached hydrogens (tertiary/aromatic N) is 1. The maximum Gasteiger partial charge on any atom is 0.238 e. The van der Waals surface area contributed by atoms with Crippen molar-refractivity contribution in [2.24, 2.45) is 5.92 Å². The first-order valence-electron chi connectivity index (χ1n) is 14.3. The lowest BCUT2D eigenvalue weighted by Gasteiger charge is -2.37. The summed E-state index contributed by atoms with van der Waals surface area (Å²) in [5.74, 6) is -0.879. The van der Waals surface area contributed by atoms with E-state index in [0.29, 0.717) is 34.1 Å². The molecule has 1 saturated heterocycles. The summed E-state index contributed by atoms with van der Waals surface area (Å²) in [5.41, 5.74) is 2.12. The number of hydrogen-bond acceptors (Lipinski definition) is 7. The van der Waals surface area contributed by atoms with Crippen molar-refractivity contribution in [3.8, 4) is 17.2 Å². The summed E-state index contributed by atoms with van der Waals surface area (Å²) in [5, 5.41) is 3.05. The zero-order valence-electron chi connectivity index (χ0n) is 24.4. The van der Waals surface area contributed by atoms with E-state index in [0.717, 1.165) is 11.3 Å². The zero-order chi connectivity index (χ0) is 30.6. The number of fused-ring (bicyclic) bond motifs is 6. The molecule has 3 aliphatic heterocycles. The minimum atomic E-state index is -1.44. The first-order chi connectivity index (χ1) is 21.4. The number of carbonyl (C=O) groups excluding carboxylic acids is 3. The first-order valence-corrected chi connectivity index (χ1v) is 14.3. The van der Waals surface area contributed by atoms with Gasteiger partial charge in [-0.2, -0.15) is 0 Å². The smallest absolute Gasteiger partial charge is 0.238 e. The predicted octanol–water partition coefficient (Wildman–Crippen LogP) is 5.57. The van der Waals surface area contributed by atoms with Crippen molar-refractivity contribution >= 4 is 34.9 Å². The molecule has 1 fully saturated rings. The molecule has 3 aliphatic rings. The highest BCUT2D eigenvalue weighted by Gasteiger charge is 2.70. The van der Waals surface area contributed by atoms with Crippen LogP contribution in [0.3, 0.4) is 0 Å². The number of nitrogens with one attached hydrogen (secondary N) is 1. The molecule has 8 nitrogen and oxygen atoms in total. The number of amides is 1. The van der Waals surface area contributed by atoms with Gasteiger partial charge in [0, 0.05) is 16.9 Å². The largest absolute Gasteiger partial charge is 0.497 e. The van der Waals surface area contributed by atoms with E-state index in [-0.39, 0.29) is 17.3 Å². The van der Waals surface area contributed by atoms with Crippen molar-refractivity contribution in [2.45, 2.75) is 17.5 Å². The van der Waals surface area contributed by atoms with Crippen LogP contribution in [0.15, 0.2) is 97.1 Å². The van der Waals surface area contributed by atoms with E-state index < -0.39 is 29.2 Å². The summed E-state index contributed by atoms with van der Waals surface area (Å²) < 4.78 is 16.6. The number of methoxy groups -OCH3 is 3. The van der Waals surface area contributed by atoms with Gasteiger partial charge in [-0.15, -0.1) is 0 Å². The van der Waals surface area contributed by atoms with Gasteiger partial charge in [0.25, 0.3) is 0 Å². The molecule has 1 amide bonds. The summed E-state index contributed by atoms with van der Waals surface area (Å²) in [6.07, 6.45) is 3.92. The maximum absolute atomic E-state index is 15.2. The lowest BCUT2D eigenvalue weighted by molar-refractivity contribution is -0.121. The van der Waals surface area contributed by atoms with Crippen LogP contribution in [0.1, 0.15) is 31.8 Å². The summed E-state index contributed by atoms with van der Waals surface area (Å²) in [6, 6.07) is 25.3. The van der Waals surface area contributed by atoms with Crippen LogP contribution in [0.25, 0.3) is 6.08 Å². The molecule has 4 aromatic carbocycles. The maximum atomic E-state index is 15.2. The van der Waals surface area contributed by atoms with E-state index in [1.165, 1.54) is 21.3 Å². The fourth-order valence-corrected chi connectivity index (χ4v) is 7.24. The number of hydrogen-bond donors (Lipinski definition) is 1. The molecule has 3 heterocycles. The molecular weight excluding hydrogens is 556 g/mol. The highest BCUT2D eigenvalue weighted by molar-refractivity contribution is 6.19. The molecule has 1 N–H and O–H groups in total. The summed E-state index contributed by atoms with van der Waals surface area (Å²) in [4.78, 5) is 46.6. The van der Waals surface area contributed by atoms with Crippen molar-refractivity contribution in [1.29, 1.82) is 0 Å². The van der Waals surface area contributed by atoms with Crippen molar-refractivity contribution < 1.29 is 28.6 Å². The molecule has 44 heavy (non-hydrogen) atoms. The Morgan fingerprint density at radius 3 is 2.34 bits per heavy atom. The van der Waals surface area contributed by atoms with Gasteiger partial charge in [-0.1, -0.05) is 60.7 Å². The number of ether oxygens (including phenoxy) is 3. The Labute approximate surface area is 254 Å². The SMILES string of the molecule is COc1cccc(C(=O)[C@@H]2[C@H](C(=O)c3cc(OC)ccc3OC)[C@@]3(C(=O)Nc4ccccc43)[C@H]3C=Cc4ccccc4N23)c1. The van der Waals surface area contributed by atoms with Gasteiger partial charge in [-0.25, -0.2) is 0 Å². The van der Waals surface area contributed by atoms with Gasteiger partial charge < -0.3 is 24.4 Å². The number of carbonyl (C=O) groups is 3. The van der Waals surface area contributed by atoms with E-state index in [1.807, 2.05) is 65.6 Å². The molecule has 0 bridgehead atoms. The normalized spacial score (nSPS) is 22.6. The number of anilines is 2. The number of ketones is 2. The van der Waals surface area contributed by atoms with Gasteiger partial charge in [0.2, 0.25) is 5.91 Å². The summed E-state index contributed by atoms with van der Waals surface area (Å²) >= 11 is 0. The number of rotatable bonds is 7. The number of benzene rings is 4. The molecule has 0 aliphatic carbocycles. The van der Waals surface area contributed by atoms with Crippen LogP contribution in [0.2, 0.25) is 0 Å². The van der Waals surface area contributed by atoms with Gasteiger partial charge >= 0.3 is 0 Å².